The number of benzene rings is 12. The summed E-state index contributed by atoms with van der Waals surface area (Å²) in [6, 6.07) is 115. The van der Waals surface area contributed by atoms with Gasteiger partial charge in [-0.15, -0.1) is 0 Å². The summed E-state index contributed by atoms with van der Waals surface area (Å²) in [6.45, 7) is 2.20. The summed E-state index contributed by atoms with van der Waals surface area (Å²) >= 11 is 0. The first-order valence-corrected chi connectivity index (χ1v) is 38.2. The Hall–Kier alpha value is -8.44. The zero-order chi connectivity index (χ0) is 61.9. The molecule has 0 aromatic heterocycles. The number of hydrogen-bond acceptors (Lipinski definition) is 4. The molecule has 0 N–H and O–H groups in total. The second-order valence-electron chi connectivity index (χ2n) is 23.0. The Balaban J connectivity index is 0.913. The van der Waals surface area contributed by atoms with Crippen molar-refractivity contribution >= 4 is 74.1 Å². The van der Waals surface area contributed by atoms with Crippen LogP contribution in [-0.4, -0.2) is 51.1 Å². The molecular formula is C84H76O4P4. The number of para-hydroxylation sites is 4. The van der Waals surface area contributed by atoms with Crippen LogP contribution >= 0.6 is 31.7 Å². The van der Waals surface area contributed by atoms with E-state index in [2.05, 4.69) is 315 Å². The molecule has 0 saturated heterocycles. The molecule has 1 aliphatic rings. The van der Waals surface area contributed by atoms with Gasteiger partial charge < -0.3 is 18.9 Å². The fraction of sp³-hybridized carbons (Fsp3) is 0.143. The number of hydrogen-bond donors (Lipinski definition) is 0. The van der Waals surface area contributed by atoms with Gasteiger partial charge in [-0.25, -0.2) is 0 Å². The third-order valence-corrected chi connectivity index (χ3v) is 26.9. The van der Waals surface area contributed by atoms with E-state index in [0.29, 0.717) is 52.1 Å². The van der Waals surface area contributed by atoms with Crippen molar-refractivity contribution in [3.63, 3.8) is 0 Å². The molecule has 0 atom stereocenters. The van der Waals surface area contributed by atoms with Crippen LogP contribution in [0, 0.1) is 0 Å². The number of ether oxygens (including phenoxy) is 4. The molecule has 0 unspecified atom stereocenters. The van der Waals surface area contributed by atoms with Gasteiger partial charge in [-0.1, -0.05) is 315 Å². The van der Waals surface area contributed by atoms with E-state index >= 15 is 0 Å². The molecule has 12 aromatic rings. The van der Waals surface area contributed by atoms with E-state index in [1.54, 1.807) is 0 Å². The molecule has 0 saturated carbocycles. The normalized spacial score (nSPS) is 12.0. The fourth-order valence-corrected chi connectivity index (χ4v) is 21.3. The summed E-state index contributed by atoms with van der Waals surface area (Å²) < 4.78 is 29.7. The van der Waals surface area contributed by atoms with Gasteiger partial charge in [-0.05, 0) is 119 Å². The monoisotopic (exact) mass is 1270 g/mol. The van der Waals surface area contributed by atoms with Gasteiger partial charge in [0.2, 0.25) is 0 Å². The molecule has 0 fully saturated rings. The van der Waals surface area contributed by atoms with Crippen molar-refractivity contribution in [2.24, 2.45) is 0 Å². The van der Waals surface area contributed by atoms with E-state index in [9.17, 15) is 0 Å². The summed E-state index contributed by atoms with van der Waals surface area (Å²) in [6.07, 6.45) is 5.92. The minimum Gasteiger partial charge on any atom is -0.493 e. The van der Waals surface area contributed by atoms with Gasteiger partial charge in [0.1, 0.15) is 23.0 Å². The molecule has 0 amide bonds. The average Bonchev–Trinajstić information content (AvgIpc) is 1.34. The van der Waals surface area contributed by atoms with Gasteiger partial charge >= 0.3 is 0 Å². The minimum atomic E-state index is -0.699. The standard InChI is InChI=1S/C84H76O4P4/c1-9-37-73(38-10-1)89(74-39-11-2-12-40-74)57-53-85-81-65-29-25-30-66(81)62-68-32-27-34-70(83(68)87-55-59-91(77-45-17-5-18-46-77)78-47-19-6-20-48-78)64-72-36-28-35-71(84(72)88-56-60-92(79-49-21-7-22-50-79)80-51-23-8-24-52-80)63-69-33-26-31-67(61-65)82(69)86-54-58-90(75-41-13-3-14-42-75)76-43-15-4-16-44-76/h1-52H,53-64H2. The molecule has 8 heteroatoms. The molecule has 92 heavy (non-hydrogen) atoms. The maximum atomic E-state index is 7.42. The highest BCUT2D eigenvalue weighted by atomic mass is 31.1. The summed E-state index contributed by atoms with van der Waals surface area (Å²) in [5.41, 5.74) is 9.04. The summed E-state index contributed by atoms with van der Waals surface area (Å²) in [7, 11) is -2.79. The molecule has 0 aliphatic heterocycles. The lowest BCUT2D eigenvalue weighted by molar-refractivity contribution is 0.329. The molecular weight excluding hydrogens is 1200 g/mol. The summed E-state index contributed by atoms with van der Waals surface area (Å²) in [4.78, 5) is 0. The SMILES string of the molecule is c1ccc(P(CCOc2c3cccc2Cc2cccc(c2OCCP(c2ccccc2)c2ccccc2)Cc2cccc(c2OCCP(c2ccccc2)c2ccccc2)Cc2cccc(c2OCCP(c2ccccc2)c2ccccc2)C3)c2ccccc2)cc1. The van der Waals surface area contributed by atoms with Crippen molar-refractivity contribution < 1.29 is 18.9 Å². The third-order valence-electron chi connectivity index (χ3n) is 17.0. The van der Waals surface area contributed by atoms with Crippen LogP contribution < -0.4 is 61.4 Å². The highest BCUT2D eigenvalue weighted by molar-refractivity contribution is 7.74. The summed E-state index contributed by atoms with van der Waals surface area (Å²) in [5, 5.41) is 10.8. The zero-order valence-electron chi connectivity index (χ0n) is 51.9. The lowest BCUT2D eigenvalue weighted by atomic mass is 9.91. The molecule has 12 aromatic carbocycles. The van der Waals surface area contributed by atoms with E-state index < -0.39 is 31.7 Å². The molecule has 4 nitrogen and oxygen atoms in total. The third kappa shape index (κ3) is 15.7. The first-order chi connectivity index (χ1) is 45.7. The molecule has 0 heterocycles. The van der Waals surface area contributed by atoms with Crippen LogP contribution in [0.3, 0.4) is 0 Å². The van der Waals surface area contributed by atoms with Gasteiger partial charge in [0, 0.05) is 50.3 Å². The van der Waals surface area contributed by atoms with E-state index in [0.717, 1.165) is 92.2 Å². The average molecular weight is 1270 g/mol. The van der Waals surface area contributed by atoms with Crippen molar-refractivity contribution in [2.75, 3.05) is 51.1 Å². The van der Waals surface area contributed by atoms with Crippen molar-refractivity contribution in [1.29, 1.82) is 0 Å². The quantitative estimate of drug-likeness (QED) is 0.0565. The maximum absolute atomic E-state index is 7.42. The highest BCUT2D eigenvalue weighted by Gasteiger charge is 2.25. The van der Waals surface area contributed by atoms with Crippen molar-refractivity contribution in [3.8, 4) is 23.0 Å². The van der Waals surface area contributed by atoms with E-state index in [4.69, 9.17) is 18.9 Å². The predicted octanol–water partition coefficient (Wildman–Crippen LogP) is 16.4. The summed E-state index contributed by atoms with van der Waals surface area (Å²) in [5.74, 6) is 3.74. The van der Waals surface area contributed by atoms with Crippen LogP contribution in [-0.2, 0) is 25.7 Å². The molecule has 0 radical (unpaired) electrons. The predicted molar refractivity (Wildman–Crippen MR) is 395 cm³/mol. The van der Waals surface area contributed by atoms with Gasteiger partial charge in [0.15, 0.2) is 0 Å². The van der Waals surface area contributed by atoms with Crippen LogP contribution in [0.5, 0.6) is 23.0 Å². The molecule has 8 bridgehead atoms. The Morgan fingerprint density at radius 3 is 0.457 bits per heavy atom. The minimum absolute atomic E-state index is 0.549. The van der Waals surface area contributed by atoms with Crippen molar-refractivity contribution in [1.82, 2.24) is 0 Å². The Morgan fingerprint density at radius 1 is 0.174 bits per heavy atom. The van der Waals surface area contributed by atoms with Crippen molar-refractivity contribution in [2.45, 2.75) is 25.7 Å². The van der Waals surface area contributed by atoms with E-state index in [1.165, 1.54) is 42.4 Å². The van der Waals surface area contributed by atoms with Crippen LogP contribution in [0.2, 0.25) is 0 Å². The number of fused-ring (bicyclic) bond motifs is 8. The van der Waals surface area contributed by atoms with Gasteiger partial charge in [0.25, 0.3) is 0 Å². The van der Waals surface area contributed by atoms with Crippen molar-refractivity contribution in [3.05, 3.63) is 360 Å². The number of rotatable bonds is 24. The van der Waals surface area contributed by atoms with Gasteiger partial charge in [-0.2, -0.15) is 0 Å². The first-order valence-electron chi connectivity index (χ1n) is 32.1. The Morgan fingerprint density at radius 2 is 0.315 bits per heavy atom. The largest absolute Gasteiger partial charge is 0.493 e. The second kappa shape index (κ2) is 31.7. The Labute approximate surface area is 549 Å². The molecule has 0 spiro atoms. The topological polar surface area (TPSA) is 36.9 Å². The van der Waals surface area contributed by atoms with E-state index in [1.807, 2.05) is 0 Å². The van der Waals surface area contributed by atoms with Crippen LogP contribution in [0.1, 0.15) is 44.5 Å². The van der Waals surface area contributed by atoms with Crippen LogP contribution in [0.15, 0.2) is 315 Å². The first kappa shape index (κ1) is 62.4. The Kier molecular flexibility index (Phi) is 21.5. The fourth-order valence-electron chi connectivity index (χ4n) is 12.7. The smallest absolute Gasteiger partial charge is 0.126 e. The van der Waals surface area contributed by atoms with Gasteiger partial charge in [-0.3, -0.25) is 0 Å². The lowest BCUT2D eigenvalue weighted by Gasteiger charge is -2.25. The van der Waals surface area contributed by atoms with Crippen LogP contribution in [0.25, 0.3) is 0 Å². The van der Waals surface area contributed by atoms with E-state index in [-0.39, 0.29) is 0 Å². The second-order valence-corrected chi connectivity index (χ2v) is 32.4. The van der Waals surface area contributed by atoms with Gasteiger partial charge in [0.05, 0.1) is 26.4 Å². The molecule has 13 rings (SSSR count). The lowest BCUT2D eigenvalue weighted by Crippen LogP contribution is -2.19. The highest BCUT2D eigenvalue weighted by Crippen LogP contribution is 2.43. The Bertz CT molecular complexity index is 3450. The maximum Gasteiger partial charge on any atom is 0.126 e. The zero-order valence-corrected chi connectivity index (χ0v) is 55.5. The molecule has 1 aliphatic carbocycles. The van der Waals surface area contributed by atoms with Crippen LogP contribution in [0.4, 0.5) is 0 Å². The molecule has 456 valence electrons.